The molecule has 1 N–H and O–H groups in total. The molecule has 10 nitrogen and oxygen atoms in total. The van der Waals surface area contributed by atoms with Crippen LogP contribution in [-0.4, -0.2) is 73.4 Å². The Kier molecular flexibility index (Phi) is 6.98. The lowest BCUT2D eigenvalue weighted by Gasteiger charge is -2.24. The number of ether oxygens (including phenoxy) is 3. The van der Waals surface area contributed by atoms with Gasteiger partial charge in [0.1, 0.15) is 23.0 Å². The van der Waals surface area contributed by atoms with Gasteiger partial charge in [-0.25, -0.2) is 4.98 Å². The van der Waals surface area contributed by atoms with E-state index in [1.54, 1.807) is 25.6 Å². The van der Waals surface area contributed by atoms with Crippen LogP contribution in [0.1, 0.15) is 28.8 Å². The Morgan fingerprint density at radius 3 is 2.64 bits per heavy atom. The Labute approximate surface area is 243 Å². The van der Waals surface area contributed by atoms with Crippen LogP contribution in [-0.2, 0) is 9.47 Å². The predicted molar refractivity (Wildman–Crippen MR) is 155 cm³/mol. The predicted octanol–water partition coefficient (Wildman–Crippen LogP) is 4.75. The summed E-state index contributed by atoms with van der Waals surface area (Å²) in [6, 6.07) is 13.8. The lowest BCUT2D eigenvalue weighted by Crippen LogP contribution is -2.30. The molecule has 0 bridgehead atoms. The highest BCUT2D eigenvalue weighted by Gasteiger charge is 2.39. The maximum absolute atomic E-state index is 13.2. The van der Waals surface area contributed by atoms with Crippen LogP contribution in [0.4, 0.5) is 5.69 Å². The van der Waals surface area contributed by atoms with Gasteiger partial charge in [-0.1, -0.05) is 6.07 Å². The molecule has 3 aliphatic heterocycles. The summed E-state index contributed by atoms with van der Waals surface area (Å²) in [4.78, 5) is 24.2. The zero-order valence-electron chi connectivity index (χ0n) is 23.3. The highest BCUT2D eigenvalue weighted by atomic mass is 16.5. The lowest BCUT2D eigenvalue weighted by atomic mass is 10.0. The number of aromatic nitrogens is 2. The van der Waals surface area contributed by atoms with E-state index in [2.05, 4.69) is 21.4 Å². The molecule has 0 radical (unpaired) electrons. The third kappa shape index (κ3) is 4.85. The summed E-state index contributed by atoms with van der Waals surface area (Å²) in [5, 5.41) is 13.4. The zero-order chi connectivity index (χ0) is 28.6. The van der Waals surface area contributed by atoms with Gasteiger partial charge in [0.2, 0.25) is 0 Å². The summed E-state index contributed by atoms with van der Waals surface area (Å²) in [7, 11) is 1.55. The highest BCUT2D eigenvalue weighted by molar-refractivity contribution is 5.96. The largest absolute Gasteiger partial charge is 0.494 e. The molecule has 42 heavy (non-hydrogen) atoms. The molecule has 3 fully saturated rings. The van der Waals surface area contributed by atoms with Gasteiger partial charge in [0, 0.05) is 68.2 Å². The SMILES string of the molecule is COc1cc(C(=O)N2CC3COCC3C2)cnc1-c1cc2nccc(-c3ccc(NC4CCOCC4)c(C#N)c3)c2o1. The van der Waals surface area contributed by atoms with Crippen molar-refractivity contribution in [1.29, 1.82) is 5.26 Å². The van der Waals surface area contributed by atoms with Crippen LogP contribution in [0.2, 0.25) is 0 Å². The maximum atomic E-state index is 13.2. The second-order valence-electron chi connectivity index (χ2n) is 11.1. The summed E-state index contributed by atoms with van der Waals surface area (Å²) < 4.78 is 23.0. The van der Waals surface area contributed by atoms with Gasteiger partial charge in [-0.3, -0.25) is 9.78 Å². The van der Waals surface area contributed by atoms with Crippen molar-refractivity contribution in [2.75, 3.05) is 51.9 Å². The molecule has 0 aliphatic carbocycles. The van der Waals surface area contributed by atoms with Crippen LogP contribution in [0.5, 0.6) is 5.75 Å². The molecule has 3 aliphatic rings. The van der Waals surface area contributed by atoms with E-state index < -0.39 is 0 Å². The summed E-state index contributed by atoms with van der Waals surface area (Å²) in [5.41, 5.74) is 5.23. The molecule has 2 unspecified atom stereocenters. The first kappa shape index (κ1) is 26.4. The van der Waals surface area contributed by atoms with E-state index in [-0.39, 0.29) is 11.9 Å². The quantitative estimate of drug-likeness (QED) is 0.353. The number of methoxy groups -OCH3 is 1. The standard InChI is InChI=1S/C32H31N5O5/c1-39-28-11-21(32(38)37-15-22-17-41-18-23(22)16-37)14-35-30(28)29-12-27-31(42-29)25(4-7-34-27)19-2-3-26(20(10-19)13-33)36-24-5-8-40-9-6-24/h2-4,7,10-12,14,22-24,36H,5-6,8-9,15-18H2,1H3. The van der Waals surface area contributed by atoms with E-state index >= 15 is 0 Å². The molecule has 1 amide bonds. The number of likely N-dealkylation sites (tertiary alicyclic amines) is 1. The third-order valence-corrected chi connectivity index (χ3v) is 8.52. The van der Waals surface area contributed by atoms with Crippen molar-refractivity contribution in [3.63, 3.8) is 0 Å². The first-order chi connectivity index (χ1) is 20.6. The number of nitrogens with one attached hydrogen (secondary N) is 1. The van der Waals surface area contributed by atoms with Crippen molar-refractivity contribution in [3.05, 3.63) is 59.9 Å². The van der Waals surface area contributed by atoms with Crippen molar-refractivity contribution in [3.8, 4) is 34.4 Å². The molecule has 1 aromatic carbocycles. The molecular formula is C32H31N5O5. The molecule has 3 saturated heterocycles. The summed E-state index contributed by atoms with van der Waals surface area (Å²) in [5.74, 6) is 1.68. The Hall–Kier alpha value is -4.46. The van der Waals surface area contributed by atoms with E-state index in [4.69, 9.17) is 18.6 Å². The molecule has 10 heteroatoms. The van der Waals surface area contributed by atoms with E-state index in [1.807, 2.05) is 35.2 Å². The van der Waals surface area contributed by atoms with Gasteiger partial charge in [0.05, 0.1) is 37.1 Å². The number of nitriles is 1. The number of carbonyl (C=O) groups is 1. The molecule has 7 rings (SSSR count). The van der Waals surface area contributed by atoms with Crippen LogP contribution in [0, 0.1) is 23.2 Å². The molecular weight excluding hydrogens is 534 g/mol. The van der Waals surface area contributed by atoms with Crippen LogP contribution in [0.25, 0.3) is 33.7 Å². The van der Waals surface area contributed by atoms with Gasteiger partial charge >= 0.3 is 0 Å². The Morgan fingerprint density at radius 2 is 1.88 bits per heavy atom. The Morgan fingerprint density at radius 1 is 1.07 bits per heavy atom. The van der Waals surface area contributed by atoms with Gasteiger partial charge < -0.3 is 28.8 Å². The molecule has 0 spiro atoms. The van der Waals surface area contributed by atoms with Crippen LogP contribution < -0.4 is 10.1 Å². The topological polar surface area (TPSA) is 123 Å². The molecule has 6 heterocycles. The van der Waals surface area contributed by atoms with Gasteiger partial charge in [0.15, 0.2) is 11.3 Å². The minimum absolute atomic E-state index is 0.0571. The van der Waals surface area contributed by atoms with Crippen molar-refractivity contribution >= 4 is 22.7 Å². The van der Waals surface area contributed by atoms with Crippen LogP contribution in [0.3, 0.4) is 0 Å². The highest BCUT2D eigenvalue weighted by Crippen LogP contribution is 2.38. The monoisotopic (exact) mass is 565 g/mol. The minimum Gasteiger partial charge on any atom is -0.494 e. The fourth-order valence-electron chi connectivity index (χ4n) is 6.21. The van der Waals surface area contributed by atoms with Crippen LogP contribution in [0.15, 0.2) is 53.2 Å². The Bertz CT molecular complexity index is 1680. The maximum Gasteiger partial charge on any atom is 0.255 e. The minimum atomic E-state index is -0.0571. The van der Waals surface area contributed by atoms with E-state index in [1.165, 1.54) is 0 Å². The number of carbonyl (C=O) groups excluding carboxylic acids is 1. The molecule has 4 aromatic rings. The number of hydrogen-bond acceptors (Lipinski definition) is 9. The van der Waals surface area contributed by atoms with E-state index in [0.717, 1.165) is 42.9 Å². The van der Waals surface area contributed by atoms with Crippen LogP contribution >= 0.6 is 0 Å². The second-order valence-corrected chi connectivity index (χ2v) is 11.1. The number of hydrogen-bond donors (Lipinski definition) is 1. The van der Waals surface area contributed by atoms with E-state index in [0.29, 0.717) is 77.6 Å². The average molecular weight is 566 g/mol. The summed E-state index contributed by atoms with van der Waals surface area (Å²) >= 11 is 0. The van der Waals surface area contributed by atoms with Crippen molar-refractivity contribution in [1.82, 2.24) is 14.9 Å². The van der Waals surface area contributed by atoms with Gasteiger partial charge in [0.25, 0.3) is 5.91 Å². The number of nitrogens with zero attached hydrogens (tertiary/aromatic N) is 4. The first-order valence-corrected chi connectivity index (χ1v) is 14.3. The number of furan rings is 1. The normalized spacial score (nSPS) is 20.4. The number of pyridine rings is 2. The summed E-state index contributed by atoms with van der Waals surface area (Å²) in [6.07, 6.45) is 5.12. The second kappa shape index (κ2) is 11.1. The Balaban J connectivity index is 1.17. The number of fused-ring (bicyclic) bond motifs is 2. The number of rotatable bonds is 6. The van der Waals surface area contributed by atoms with Gasteiger partial charge in [-0.15, -0.1) is 0 Å². The van der Waals surface area contributed by atoms with Crippen molar-refractivity contribution < 1.29 is 23.4 Å². The fourth-order valence-corrected chi connectivity index (χ4v) is 6.21. The number of amides is 1. The average Bonchev–Trinajstić information content (AvgIpc) is 3.76. The molecule has 0 saturated carbocycles. The number of anilines is 1. The lowest BCUT2D eigenvalue weighted by molar-refractivity contribution is 0.0750. The molecule has 214 valence electrons. The fraction of sp³-hybridized carbons (Fsp3) is 0.375. The summed E-state index contributed by atoms with van der Waals surface area (Å²) in [6.45, 7) is 4.28. The van der Waals surface area contributed by atoms with Crippen molar-refractivity contribution in [2.45, 2.75) is 18.9 Å². The van der Waals surface area contributed by atoms with Gasteiger partial charge in [-0.05, 0) is 42.7 Å². The third-order valence-electron chi connectivity index (χ3n) is 8.52. The van der Waals surface area contributed by atoms with Gasteiger partial charge in [-0.2, -0.15) is 5.26 Å². The smallest absolute Gasteiger partial charge is 0.255 e. The number of benzene rings is 1. The van der Waals surface area contributed by atoms with E-state index in [9.17, 15) is 10.1 Å². The van der Waals surface area contributed by atoms with Crippen molar-refractivity contribution in [2.24, 2.45) is 11.8 Å². The molecule has 3 aromatic heterocycles. The molecule has 2 atom stereocenters. The zero-order valence-corrected chi connectivity index (χ0v) is 23.3. The first-order valence-electron chi connectivity index (χ1n) is 14.3.